The first-order chi connectivity index (χ1) is 12.1. The van der Waals surface area contributed by atoms with Gasteiger partial charge in [0.05, 0.1) is 5.92 Å². The van der Waals surface area contributed by atoms with Gasteiger partial charge in [0.1, 0.15) is 5.69 Å². The molecule has 1 aromatic heterocycles. The molecule has 0 bridgehead atoms. The molecule has 1 amide bonds. The summed E-state index contributed by atoms with van der Waals surface area (Å²) in [5.74, 6) is -2.02. The Morgan fingerprint density at radius 1 is 1.00 bits per heavy atom. The number of fused-ring (bicyclic) bond motifs is 1. The molecule has 2 N–H and O–H groups in total. The third kappa shape index (κ3) is 4.01. The Labute approximate surface area is 145 Å². The van der Waals surface area contributed by atoms with Crippen molar-refractivity contribution in [1.82, 2.24) is 10.3 Å². The lowest BCUT2D eigenvalue weighted by Gasteiger charge is -2.15. The molecule has 25 heavy (non-hydrogen) atoms. The summed E-state index contributed by atoms with van der Waals surface area (Å²) in [7, 11) is 0. The lowest BCUT2D eigenvalue weighted by atomic mass is 9.95. The van der Waals surface area contributed by atoms with Crippen molar-refractivity contribution in [2.45, 2.75) is 6.42 Å². The molecule has 0 radical (unpaired) electrons. The van der Waals surface area contributed by atoms with Crippen molar-refractivity contribution in [3.8, 4) is 0 Å². The van der Waals surface area contributed by atoms with Gasteiger partial charge in [-0.1, -0.05) is 48.5 Å². The van der Waals surface area contributed by atoms with Crippen molar-refractivity contribution >= 4 is 22.6 Å². The first-order valence-corrected chi connectivity index (χ1v) is 8.04. The molecule has 3 aromatic rings. The highest BCUT2D eigenvalue weighted by Gasteiger charge is 2.20. The van der Waals surface area contributed by atoms with E-state index in [0.717, 1.165) is 16.3 Å². The van der Waals surface area contributed by atoms with Gasteiger partial charge < -0.3 is 10.4 Å². The van der Waals surface area contributed by atoms with Crippen LogP contribution in [0.4, 0.5) is 0 Å². The fourth-order valence-corrected chi connectivity index (χ4v) is 2.79. The number of carbonyl (C=O) groups is 2. The van der Waals surface area contributed by atoms with Crippen LogP contribution in [0.2, 0.25) is 0 Å². The molecular formula is C20H18N2O3. The Kier molecular flexibility index (Phi) is 5.04. The van der Waals surface area contributed by atoms with Crippen LogP contribution in [0.25, 0.3) is 10.8 Å². The van der Waals surface area contributed by atoms with Gasteiger partial charge in [0, 0.05) is 12.7 Å². The summed E-state index contributed by atoms with van der Waals surface area (Å²) in [5.41, 5.74) is 1.23. The summed E-state index contributed by atoms with van der Waals surface area (Å²) in [6.45, 7) is 0.0496. The largest absolute Gasteiger partial charge is 0.481 e. The molecule has 126 valence electrons. The van der Waals surface area contributed by atoms with Crippen LogP contribution in [-0.4, -0.2) is 28.5 Å². The lowest BCUT2D eigenvalue weighted by Crippen LogP contribution is -2.34. The second kappa shape index (κ2) is 7.57. The van der Waals surface area contributed by atoms with Crippen LogP contribution in [0, 0.1) is 5.92 Å². The summed E-state index contributed by atoms with van der Waals surface area (Å²) < 4.78 is 0. The molecular weight excluding hydrogens is 316 g/mol. The SMILES string of the molecule is O=C(NCC(Cc1cccc2ccccc12)C(=O)O)c1ccccn1. The molecule has 2 aromatic carbocycles. The molecule has 0 saturated heterocycles. The number of carboxylic acids is 1. The van der Waals surface area contributed by atoms with Crippen LogP contribution < -0.4 is 5.32 Å². The fraction of sp³-hybridized carbons (Fsp3) is 0.150. The number of benzene rings is 2. The van der Waals surface area contributed by atoms with Crippen LogP contribution in [-0.2, 0) is 11.2 Å². The molecule has 1 atom stereocenters. The van der Waals surface area contributed by atoms with E-state index in [2.05, 4.69) is 10.3 Å². The Bertz CT molecular complexity index is 888. The zero-order chi connectivity index (χ0) is 17.6. The number of pyridine rings is 1. The second-order valence-corrected chi connectivity index (χ2v) is 5.80. The summed E-state index contributed by atoms with van der Waals surface area (Å²) >= 11 is 0. The average molecular weight is 334 g/mol. The van der Waals surface area contributed by atoms with E-state index < -0.39 is 11.9 Å². The molecule has 0 aliphatic heterocycles. The number of rotatable bonds is 6. The van der Waals surface area contributed by atoms with Crippen molar-refractivity contribution in [2.75, 3.05) is 6.54 Å². The van der Waals surface area contributed by atoms with Crippen LogP contribution in [0.3, 0.4) is 0 Å². The van der Waals surface area contributed by atoms with E-state index in [4.69, 9.17) is 0 Å². The van der Waals surface area contributed by atoms with E-state index in [1.54, 1.807) is 18.2 Å². The highest BCUT2D eigenvalue weighted by Crippen LogP contribution is 2.21. The summed E-state index contributed by atoms with van der Waals surface area (Å²) in [6.07, 6.45) is 1.87. The zero-order valence-electron chi connectivity index (χ0n) is 13.6. The highest BCUT2D eigenvalue weighted by atomic mass is 16.4. The minimum Gasteiger partial charge on any atom is -0.481 e. The molecule has 0 aliphatic rings. The number of aromatic nitrogens is 1. The third-order valence-corrected chi connectivity index (χ3v) is 4.10. The van der Waals surface area contributed by atoms with E-state index in [1.165, 1.54) is 6.20 Å². The normalized spacial score (nSPS) is 11.8. The van der Waals surface area contributed by atoms with Crippen molar-refractivity contribution < 1.29 is 14.7 Å². The van der Waals surface area contributed by atoms with E-state index in [-0.39, 0.29) is 18.1 Å². The zero-order valence-corrected chi connectivity index (χ0v) is 13.6. The minimum atomic E-state index is -0.936. The predicted molar refractivity (Wildman–Crippen MR) is 95.3 cm³/mol. The van der Waals surface area contributed by atoms with Gasteiger partial charge in [-0.3, -0.25) is 14.6 Å². The van der Waals surface area contributed by atoms with E-state index in [0.29, 0.717) is 6.42 Å². The molecule has 1 unspecified atom stereocenters. The molecule has 1 heterocycles. The number of carboxylic acid groups (broad SMARTS) is 1. The first-order valence-electron chi connectivity index (χ1n) is 8.04. The molecule has 5 nitrogen and oxygen atoms in total. The lowest BCUT2D eigenvalue weighted by molar-refractivity contribution is -0.141. The van der Waals surface area contributed by atoms with Crippen LogP contribution in [0.15, 0.2) is 66.9 Å². The van der Waals surface area contributed by atoms with Gasteiger partial charge in [0.25, 0.3) is 5.91 Å². The molecule has 0 saturated carbocycles. The summed E-state index contributed by atoms with van der Waals surface area (Å²) in [4.78, 5) is 27.7. The molecule has 0 aliphatic carbocycles. The van der Waals surface area contributed by atoms with Gasteiger partial charge >= 0.3 is 5.97 Å². The number of hydrogen-bond donors (Lipinski definition) is 2. The monoisotopic (exact) mass is 334 g/mol. The molecule has 0 spiro atoms. The van der Waals surface area contributed by atoms with Crippen LogP contribution >= 0.6 is 0 Å². The van der Waals surface area contributed by atoms with E-state index in [9.17, 15) is 14.7 Å². The molecule has 3 rings (SSSR count). The highest BCUT2D eigenvalue weighted by molar-refractivity contribution is 5.92. The maximum absolute atomic E-state index is 12.1. The maximum Gasteiger partial charge on any atom is 0.308 e. The van der Waals surface area contributed by atoms with Crippen LogP contribution in [0.1, 0.15) is 16.1 Å². The van der Waals surface area contributed by atoms with Crippen molar-refractivity contribution in [3.05, 3.63) is 78.1 Å². The van der Waals surface area contributed by atoms with Crippen molar-refractivity contribution in [1.29, 1.82) is 0 Å². The van der Waals surface area contributed by atoms with E-state index >= 15 is 0 Å². The Morgan fingerprint density at radius 2 is 1.76 bits per heavy atom. The smallest absolute Gasteiger partial charge is 0.308 e. The van der Waals surface area contributed by atoms with Gasteiger partial charge in [-0.25, -0.2) is 0 Å². The Balaban J connectivity index is 1.73. The number of nitrogens with one attached hydrogen (secondary N) is 1. The van der Waals surface area contributed by atoms with Crippen LogP contribution in [0.5, 0.6) is 0 Å². The third-order valence-electron chi connectivity index (χ3n) is 4.10. The second-order valence-electron chi connectivity index (χ2n) is 5.80. The quantitative estimate of drug-likeness (QED) is 0.726. The number of aliphatic carboxylic acids is 1. The Morgan fingerprint density at radius 3 is 2.52 bits per heavy atom. The van der Waals surface area contributed by atoms with Gasteiger partial charge in [0.15, 0.2) is 0 Å². The van der Waals surface area contributed by atoms with Gasteiger partial charge in [-0.05, 0) is 34.9 Å². The van der Waals surface area contributed by atoms with Crippen molar-refractivity contribution in [3.63, 3.8) is 0 Å². The first kappa shape index (κ1) is 16.6. The number of nitrogens with zero attached hydrogens (tertiary/aromatic N) is 1. The Hall–Kier alpha value is -3.21. The maximum atomic E-state index is 12.1. The predicted octanol–water partition coefficient (Wildman–Crippen LogP) is 2.91. The number of hydrogen-bond acceptors (Lipinski definition) is 3. The molecule has 0 fully saturated rings. The van der Waals surface area contributed by atoms with Gasteiger partial charge in [-0.2, -0.15) is 0 Å². The summed E-state index contributed by atoms with van der Waals surface area (Å²) in [6, 6.07) is 18.7. The molecule has 5 heteroatoms. The summed E-state index contributed by atoms with van der Waals surface area (Å²) in [5, 5.41) is 14.3. The topological polar surface area (TPSA) is 79.3 Å². The van der Waals surface area contributed by atoms with Gasteiger partial charge in [-0.15, -0.1) is 0 Å². The fourth-order valence-electron chi connectivity index (χ4n) is 2.79. The number of carbonyl (C=O) groups excluding carboxylic acids is 1. The standard InChI is InChI=1S/C20H18N2O3/c23-19(18-10-3-4-11-21-18)22-13-16(20(24)25)12-15-8-5-7-14-6-1-2-9-17(14)15/h1-11,16H,12-13H2,(H,22,23)(H,24,25). The van der Waals surface area contributed by atoms with Gasteiger partial charge in [0.2, 0.25) is 0 Å². The number of amides is 1. The average Bonchev–Trinajstić information content (AvgIpc) is 2.65. The minimum absolute atomic E-state index is 0.0496. The van der Waals surface area contributed by atoms with E-state index in [1.807, 2.05) is 42.5 Å². The van der Waals surface area contributed by atoms with Crippen molar-refractivity contribution in [2.24, 2.45) is 5.92 Å².